The van der Waals surface area contributed by atoms with Crippen LogP contribution in [0.2, 0.25) is 0 Å². The monoisotopic (exact) mass is 379 g/mol. The topological polar surface area (TPSA) is 107 Å². The average Bonchev–Trinajstić information content (AvgIpc) is 3.27. The third kappa shape index (κ3) is 3.73. The quantitative estimate of drug-likeness (QED) is 0.839. The van der Waals surface area contributed by atoms with E-state index in [9.17, 15) is 23.1 Å². The van der Waals surface area contributed by atoms with Gasteiger partial charge in [0.1, 0.15) is 0 Å². The number of thiophene rings is 1. The molecule has 0 saturated carbocycles. The standard InChI is InChI=1S/C16H16N2O5S2/c19-15(17-12-5-3-4-11(8-12)16(20)21)14-9-13(10-24-14)25(22,23)18-6-1-2-7-18/h3-5,8-10H,1-2,6-7H2,(H,17,19)(H,20,21)/p-1. The molecule has 0 spiro atoms. The summed E-state index contributed by atoms with van der Waals surface area (Å²) in [4.78, 5) is 23.5. The van der Waals surface area contributed by atoms with Crippen molar-refractivity contribution in [2.75, 3.05) is 18.4 Å². The van der Waals surface area contributed by atoms with Gasteiger partial charge in [-0.2, -0.15) is 4.31 Å². The van der Waals surface area contributed by atoms with Crippen molar-refractivity contribution in [3.05, 3.63) is 46.2 Å². The van der Waals surface area contributed by atoms with Crippen molar-refractivity contribution in [3.63, 3.8) is 0 Å². The van der Waals surface area contributed by atoms with Crippen molar-refractivity contribution in [3.8, 4) is 0 Å². The van der Waals surface area contributed by atoms with Crippen LogP contribution in [0, 0.1) is 0 Å². The molecule has 132 valence electrons. The molecule has 1 amide bonds. The lowest BCUT2D eigenvalue weighted by Gasteiger charge is -2.13. The molecular formula is C16H15N2O5S2-. The molecule has 9 heteroatoms. The van der Waals surface area contributed by atoms with Gasteiger partial charge in [-0.1, -0.05) is 12.1 Å². The van der Waals surface area contributed by atoms with E-state index in [2.05, 4.69) is 5.32 Å². The molecule has 7 nitrogen and oxygen atoms in total. The van der Waals surface area contributed by atoms with Crippen molar-refractivity contribution < 1.29 is 23.1 Å². The number of hydrogen-bond donors (Lipinski definition) is 1. The van der Waals surface area contributed by atoms with E-state index < -0.39 is 21.9 Å². The van der Waals surface area contributed by atoms with Crippen LogP contribution in [0.4, 0.5) is 5.69 Å². The van der Waals surface area contributed by atoms with Gasteiger partial charge in [-0.15, -0.1) is 11.3 Å². The fourth-order valence-electron chi connectivity index (χ4n) is 2.57. The summed E-state index contributed by atoms with van der Waals surface area (Å²) >= 11 is 1.03. The molecule has 1 aliphatic rings. The number of hydrogen-bond acceptors (Lipinski definition) is 6. The molecule has 25 heavy (non-hydrogen) atoms. The second-order valence-electron chi connectivity index (χ2n) is 5.58. The van der Waals surface area contributed by atoms with Crippen LogP contribution in [-0.4, -0.2) is 37.7 Å². The molecule has 1 saturated heterocycles. The van der Waals surface area contributed by atoms with Crippen molar-refractivity contribution in [1.29, 1.82) is 0 Å². The summed E-state index contributed by atoms with van der Waals surface area (Å²) in [6, 6.07) is 7.01. The lowest BCUT2D eigenvalue weighted by Crippen LogP contribution is -2.27. The van der Waals surface area contributed by atoms with E-state index in [1.807, 2.05) is 0 Å². The number of carbonyl (C=O) groups is 2. The van der Waals surface area contributed by atoms with E-state index >= 15 is 0 Å². The van der Waals surface area contributed by atoms with Crippen molar-refractivity contribution >= 4 is 38.9 Å². The third-order valence-corrected chi connectivity index (χ3v) is 6.81. The summed E-state index contributed by atoms with van der Waals surface area (Å²) in [5, 5.41) is 14.9. The van der Waals surface area contributed by atoms with Gasteiger partial charge >= 0.3 is 0 Å². The number of anilines is 1. The largest absolute Gasteiger partial charge is 0.545 e. The number of carboxylic acid groups (broad SMARTS) is 1. The van der Waals surface area contributed by atoms with E-state index in [4.69, 9.17) is 0 Å². The molecule has 0 aliphatic carbocycles. The molecule has 1 fully saturated rings. The van der Waals surface area contributed by atoms with E-state index in [-0.39, 0.29) is 15.3 Å². The summed E-state index contributed by atoms with van der Waals surface area (Å²) < 4.78 is 26.4. The first-order valence-corrected chi connectivity index (χ1v) is 9.91. The minimum Gasteiger partial charge on any atom is -0.545 e. The highest BCUT2D eigenvalue weighted by Gasteiger charge is 2.28. The van der Waals surface area contributed by atoms with Gasteiger partial charge in [-0.05, 0) is 36.6 Å². The second-order valence-corrected chi connectivity index (χ2v) is 8.43. The zero-order valence-corrected chi connectivity index (χ0v) is 14.7. The Balaban J connectivity index is 1.77. The number of amides is 1. The van der Waals surface area contributed by atoms with Crippen LogP contribution in [0.25, 0.3) is 0 Å². The summed E-state index contributed by atoms with van der Waals surface area (Å²) in [5.74, 6) is -1.84. The molecule has 0 radical (unpaired) electrons. The Morgan fingerprint density at radius 1 is 1.16 bits per heavy atom. The molecular weight excluding hydrogens is 364 g/mol. The molecule has 1 aliphatic heterocycles. The van der Waals surface area contributed by atoms with Crippen LogP contribution in [0.3, 0.4) is 0 Å². The maximum absolute atomic E-state index is 12.5. The van der Waals surface area contributed by atoms with Crippen molar-refractivity contribution in [2.24, 2.45) is 0 Å². The average molecular weight is 379 g/mol. The van der Waals surface area contributed by atoms with Crippen LogP contribution in [0.1, 0.15) is 32.9 Å². The molecule has 2 heterocycles. The number of nitrogens with zero attached hydrogens (tertiary/aromatic N) is 1. The fraction of sp³-hybridized carbons (Fsp3) is 0.250. The first kappa shape index (κ1) is 17.6. The minimum absolute atomic E-state index is 0.0544. The lowest BCUT2D eigenvalue weighted by atomic mass is 10.2. The number of benzene rings is 1. The van der Waals surface area contributed by atoms with Gasteiger partial charge in [0.15, 0.2) is 0 Å². The summed E-state index contributed by atoms with van der Waals surface area (Å²) in [7, 11) is -3.56. The van der Waals surface area contributed by atoms with Crippen LogP contribution in [-0.2, 0) is 10.0 Å². The van der Waals surface area contributed by atoms with E-state index in [1.165, 1.54) is 34.0 Å². The van der Waals surface area contributed by atoms with Crippen LogP contribution >= 0.6 is 11.3 Å². The first-order valence-electron chi connectivity index (χ1n) is 7.59. The summed E-state index contributed by atoms with van der Waals surface area (Å²) in [6.07, 6.45) is 1.68. The Hall–Kier alpha value is -2.23. The van der Waals surface area contributed by atoms with Gasteiger partial charge < -0.3 is 15.2 Å². The molecule has 2 aromatic rings. The van der Waals surface area contributed by atoms with Crippen LogP contribution < -0.4 is 10.4 Å². The highest BCUT2D eigenvalue weighted by molar-refractivity contribution is 7.89. The molecule has 1 aromatic carbocycles. The molecule has 0 unspecified atom stereocenters. The third-order valence-electron chi connectivity index (χ3n) is 3.86. The summed E-state index contributed by atoms with van der Waals surface area (Å²) in [6.45, 7) is 0.992. The maximum Gasteiger partial charge on any atom is 0.265 e. The van der Waals surface area contributed by atoms with Gasteiger partial charge in [-0.3, -0.25) is 4.79 Å². The highest BCUT2D eigenvalue weighted by Crippen LogP contribution is 2.26. The van der Waals surface area contributed by atoms with Gasteiger partial charge in [0.05, 0.1) is 15.7 Å². The molecule has 0 bridgehead atoms. The number of carbonyl (C=O) groups excluding carboxylic acids is 2. The Morgan fingerprint density at radius 2 is 1.88 bits per heavy atom. The fourth-order valence-corrected chi connectivity index (χ4v) is 5.24. The summed E-state index contributed by atoms with van der Waals surface area (Å²) in [5.41, 5.74) is 0.241. The molecule has 3 rings (SSSR count). The SMILES string of the molecule is O=C([O-])c1cccc(NC(=O)c2cc(S(=O)(=O)N3CCCC3)cs2)c1. The lowest BCUT2D eigenvalue weighted by molar-refractivity contribution is -0.255. The number of aromatic carboxylic acids is 1. The molecule has 0 atom stereocenters. The van der Waals surface area contributed by atoms with E-state index in [0.29, 0.717) is 18.8 Å². The maximum atomic E-state index is 12.5. The normalized spacial score (nSPS) is 15.2. The molecule has 1 aromatic heterocycles. The van der Waals surface area contributed by atoms with E-state index in [1.54, 1.807) is 6.07 Å². The first-order chi connectivity index (χ1) is 11.9. The van der Waals surface area contributed by atoms with Crippen molar-refractivity contribution in [1.82, 2.24) is 4.31 Å². The Kier molecular flexibility index (Phi) is 4.89. The number of sulfonamides is 1. The zero-order chi connectivity index (χ0) is 18.0. The van der Waals surface area contributed by atoms with Crippen LogP contribution in [0.15, 0.2) is 40.6 Å². The Bertz CT molecular complexity index is 914. The van der Waals surface area contributed by atoms with Gasteiger partial charge in [-0.25, -0.2) is 8.42 Å². The van der Waals surface area contributed by atoms with Crippen LogP contribution in [0.5, 0.6) is 0 Å². The smallest absolute Gasteiger partial charge is 0.265 e. The number of carboxylic acids is 1. The predicted octanol–water partition coefficient (Wildman–Crippen LogP) is 1.15. The Morgan fingerprint density at radius 3 is 2.56 bits per heavy atom. The minimum atomic E-state index is -3.56. The number of rotatable bonds is 5. The Labute approximate surface area is 149 Å². The second kappa shape index (κ2) is 6.95. The molecule has 1 N–H and O–H groups in total. The van der Waals surface area contributed by atoms with Crippen molar-refractivity contribution in [2.45, 2.75) is 17.7 Å². The van der Waals surface area contributed by atoms with Gasteiger partial charge in [0, 0.05) is 24.2 Å². The highest BCUT2D eigenvalue weighted by atomic mass is 32.2. The van der Waals surface area contributed by atoms with Gasteiger partial charge in [0.25, 0.3) is 5.91 Å². The number of nitrogens with one attached hydrogen (secondary N) is 1. The van der Waals surface area contributed by atoms with Gasteiger partial charge in [0.2, 0.25) is 10.0 Å². The zero-order valence-electron chi connectivity index (χ0n) is 13.1. The predicted molar refractivity (Wildman–Crippen MR) is 91.0 cm³/mol. The van der Waals surface area contributed by atoms with E-state index in [0.717, 1.165) is 24.2 Å².